The molecule has 12 rings (SSSR count). The number of benzene rings is 12. The fourth-order valence-corrected chi connectivity index (χ4v) is 13.6. The van der Waals surface area contributed by atoms with Crippen molar-refractivity contribution in [2.75, 3.05) is 4.90 Å². The zero-order chi connectivity index (χ0) is 59.2. The van der Waals surface area contributed by atoms with E-state index >= 15 is 0 Å². The number of hydrogen-bond acceptors (Lipinski definition) is 1. The van der Waals surface area contributed by atoms with Gasteiger partial charge >= 0.3 is 0 Å². The third kappa shape index (κ3) is 10.3. The topological polar surface area (TPSA) is 3.24 Å². The van der Waals surface area contributed by atoms with E-state index in [4.69, 9.17) is 0 Å². The largest absolute Gasteiger partial charge is 0.309 e. The molecular weight excluding hydrogens is 1020 g/mol. The van der Waals surface area contributed by atoms with Crippen molar-refractivity contribution < 1.29 is 0 Å². The SMILES string of the molecule is Cc1c(C)c(N(c2c(C)c(C)c(-c3cc(-c4ccccc4)cc(-c4ccccc4)c3)c(C)c2C)c2c(C)c(C)c(-c3cc(-c4ccccc4)cc(-c4ccccc4)c3)c(C)c2C)c(C)c(C)c1-c1cc(-c2ccccc2)cc(-c2ccccc2)c1. The first-order valence-corrected chi connectivity index (χ1v) is 30.1. The number of anilines is 3. The second-order valence-corrected chi connectivity index (χ2v) is 23.6. The Morgan fingerprint density at radius 2 is 0.294 bits per heavy atom. The quantitative estimate of drug-likeness (QED) is 0.118. The average Bonchev–Trinajstić information content (AvgIpc) is 2.36. The molecular formula is C84H75N. The van der Waals surface area contributed by atoms with Gasteiger partial charge in [-0.25, -0.2) is 0 Å². The van der Waals surface area contributed by atoms with E-state index in [0.29, 0.717) is 0 Å². The molecule has 0 unspecified atom stereocenters. The average molecular weight is 1100 g/mol. The van der Waals surface area contributed by atoms with Gasteiger partial charge in [-0.2, -0.15) is 0 Å². The first kappa shape index (κ1) is 55.9. The van der Waals surface area contributed by atoms with Crippen LogP contribution in [0.1, 0.15) is 66.8 Å². The van der Waals surface area contributed by atoms with Gasteiger partial charge in [0.2, 0.25) is 0 Å². The van der Waals surface area contributed by atoms with Gasteiger partial charge in [0, 0.05) is 0 Å². The van der Waals surface area contributed by atoms with Crippen LogP contribution in [0.25, 0.3) is 100 Å². The summed E-state index contributed by atoms with van der Waals surface area (Å²) in [6, 6.07) is 86.7. The van der Waals surface area contributed by atoms with E-state index in [1.807, 2.05) is 0 Å². The third-order valence-corrected chi connectivity index (χ3v) is 18.7. The van der Waals surface area contributed by atoms with Crippen LogP contribution >= 0.6 is 0 Å². The van der Waals surface area contributed by atoms with Crippen molar-refractivity contribution in [3.63, 3.8) is 0 Å². The minimum atomic E-state index is 1.21. The van der Waals surface area contributed by atoms with Gasteiger partial charge in [-0.3, -0.25) is 0 Å². The van der Waals surface area contributed by atoms with Crippen LogP contribution in [0.2, 0.25) is 0 Å². The lowest BCUT2D eigenvalue weighted by atomic mass is 9.82. The molecule has 1 nitrogen and oxygen atoms in total. The first-order chi connectivity index (χ1) is 41.2. The molecule has 0 atom stereocenters. The number of hydrogen-bond donors (Lipinski definition) is 0. The van der Waals surface area contributed by atoms with Crippen LogP contribution in [0, 0.1) is 83.1 Å². The van der Waals surface area contributed by atoms with Crippen LogP contribution in [0.3, 0.4) is 0 Å². The summed E-state index contributed by atoms with van der Waals surface area (Å²) in [7, 11) is 0. The van der Waals surface area contributed by atoms with E-state index in [1.165, 1.54) is 184 Å². The standard InChI is InChI=1S/C84H75N/c1-52-58(7)82(59(8)53(2)79(52)76-46-70(64-31-19-13-20-32-64)43-71(47-76)65-33-21-14-22-34-65)85(83-60(9)54(3)80(55(4)61(83)10)77-48-72(66-35-23-15-24-36-66)44-73(49-77)67-37-25-16-26-38-67)84-62(11)56(5)81(57(6)63(84)12)78-50-74(68-39-27-17-28-40-68)45-75(51-78)69-41-29-18-30-42-69/h13-51H,1-12H3. The van der Waals surface area contributed by atoms with Crippen LogP contribution in [0.15, 0.2) is 237 Å². The Hall–Kier alpha value is -9.56. The normalized spacial score (nSPS) is 11.3. The Morgan fingerprint density at radius 3 is 0.447 bits per heavy atom. The highest BCUT2D eigenvalue weighted by Crippen LogP contribution is 2.53. The summed E-state index contributed by atoms with van der Waals surface area (Å²) in [5, 5.41) is 0. The third-order valence-electron chi connectivity index (χ3n) is 18.7. The van der Waals surface area contributed by atoms with Crippen LogP contribution in [0.5, 0.6) is 0 Å². The molecule has 1 heteroatoms. The highest BCUT2D eigenvalue weighted by molar-refractivity contribution is 5.97. The molecule has 416 valence electrons. The molecule has 0 aliphatic rings. The van der Waals surface area contributed by atoms with Gasteiger partial charge in [0.15, 0.2) is 0 Å². The number of rotatable bonds is 12. The van der Waals surface area contributed by atoms with Crippen molar-refractivity contribution in [3.8, 4) is 100 Å². The van der Waals surface area contributed by atoms with Gasteiger partial charge < -0.3 is 4.90 Å². The van der Waals surface area contributed by atoms with Gasteiger partial charge in [-0.05, 0) is 305 Å². The highest BCUT2D eigenvalue weighted by atomic mass is 15.2. The monoisotopic (exact) mass is 1100 g/mol. The molecule has 0 amide bonds. The van der Waals surface area contributed by atoms with Crippen LogP contribution in [0.4, 0.5) is 17.1 Å². The van der Waals surface area contributed by atoms with Crippen molar-refractivity contribution in [1.29, 1.82) is 0 Å². The van der Waals surface area contributed by atoms with Crippen molar-refractivity contribution in [2.24, 2.45) is 0 Å². The van der Waals surface area contributed by atoms with E-state index in [9.17, 15) is 0 Å². The Kier molecular flexibility index (Phi) is 15.3. The maximum atomic E-state index is 2.72. The van der Waals surface area contributed by atoms with E-state index < -0.39 is 0 Å². The number of nitrogens with zero attached hydrogens (tertiary/aromatic N) is 1. The fourth-order valence-electron chi connectivity index (χ4n) is 13.6. The molecule has 12 aromatic carbocycles. The van der Waals surface area contributed by atoms with Crippen molar-refractivity contribution in [3.05, 3.63) is 303 Å². The highest BCUT2D eigenvalue weighted by Gasteiger charge is 2.32. The van der Waals surface area contributed by atoms with E-state index in [-0.39, 0.29) is 0 Å². The van der Waals surface area contributed by atoms with Crippen molar-refractivity contribution >= 4 is 17.1 Å². The lowest BCUT2D eigenvalue weighted by molar-refractivity contribution is 1.10. The second-order valence-electron chi connectivity index (χ2n) is 23.6. The molecule has 0 aromatic heterocycles. The predicted octanol–water partition coefficient (Wildman–Crippen LogP) is 23.9. The summed E-state index contributed by atoms with van der Waals surface area (Å²) < 4.78 is 0. The summed E-state index contributed by atoms with van der Waals surface area (Å²) in [6.07, 6.45) is 0. The predicted molar refractivity (Wildman–Crippen MR) is 367 cm³/mol. The Bertz CT molecular complexity index is 3750. The molecule has 0 aliphatic heterocycles. The zero-order valence-corrected chi connectivity index (χ0v) is 51.5. The molecule has 0 fully saturated rings. The van der Waals surface area contributed by atoms with Crippen molar-refractivity contribution in [2.45, 2.75) is 83.1 Å². The second kappa shape index (κ2) is 23.2. The summed E-state index contributed by atoms with van der Waals surface area (Å²) in [5.74, 6) is 0. The summed E-state index contributed by atoms with van der Waals surface area (Å²) in [6.45, 7) is 28.5. The minimum Gasteiger partial charge on any atom is -0.309 e. The summed E-state index contributed by atoms with van der Waals surface area (Å²) in [4.78, 5) is 2.72. The summed E-state index contributed by atoms with van der Waals surface area (Å²) >= 11 is 0. The minimum absolute atomic E-state index is 1.21. The molecule has 0 radical (unpaired) electrons. The smallest absolute Gasteiger partial charge is 0.0526 e. The molecule has 0 bridgehead atoms. The van der Waals surface area contributed by atoms with E-state index in [0.717, 1.165) is 0 Å². The molecule has 0 saturated heterocycles. The molecule has 0 aliphatic carbocycles. The molecule has 0 saturated carbocycles. The van der Waals surface area contributed by atoms with E-state index in [2.05, 4.69) is 325 Å². The van der Waals surface area contributed by atoms with Gasteiger partial charge in [-0.1, -0.05) is 182 Å². The maximum Gasteiger partial charge on any atom is 0.0526 e. The van der Waals surface area contributed by atoms with Gasteiger partial charge in [0.25, 0.3) is 0 Å². The van der Waals surface area contributed by atoms with Gasteiger partial charge in [0.1, 0.15) is 0 Å². The molecule has 0 heterocycles. The lowest BCUT2D eigenvalue weighted by Gasteiger charge is -2.38. The maximum absolute atomic E-state index is 2.72. The first-order valence-electron chi connectivity index (χ1n) is 30.1. The van der Waals surface area contributed by atoms with E-state index in [1.54, 1.807) is 0 Å². The Labute approximate surface area is 505 Å². The van der Waals surface area contributed by atoms with Crippen LogP contribution < -0.4 is 4.90 Å². The van der Waals surface area contributed by atoms with Crippen LogP contribution in [-0.4, -0.2) is 0 Å². The van der Waals surface area contributed by atoms with Crippen LogP contribution in [-0.2, 0) is 0 Å². The Balaban J connectivity index is 1.12. The summed E-state index contributed by atoms with van der Waals surface area (Å²) in [5.41, 5.74) is 41.1. The lowest BCUT2D eigenvalue weighted by Crippen LogP contribution is -2.21. The molecule has 0 N–H and O–H groups in total. The molecule has 0 spiro atoms. The molecule has 12 aromatic rings. The van der Waals surface area contributed by atoms with Gasteiger partial charge in [-0.15, -0.1) is 0 Å². The van der Waals surface area contributed by atoms with Gasteiger partial charge in [0.05, 0.1) is 17.1 Å². The molecule has 85 heavy (non-hydrogen) atoms. The van der Waals surface area contributed by atoms with Crippen molar-refractivity contribution in [1.82, 2.24) is 0 Å². The zero-order valence-electron chi connectivity index (χ0n) is 51.5. The Morgan fingerprint density at radius 1 is 0.153 bits per heavy atom. The fraction of sp³-hybridized carbons (Fsp3) is 0.143.